The number of hydrogen-bond acceptors (Lipinski definition) is 3. The van der Waals surface area contributed by atoms with E-state index in [4.69, 9.17) is 11.6 Å². The molecule has 1 rings (SSSR count). The Morgan fingerprint density at radius 2 is 1.95 bits per heavy atom. The molecular weight excluding hydrogens is 327 g/mol. The first-order chi connectivity index (χ1) is 9.19. The van der Waals surface area contributed by atoms with Crippen LogP contribution in [0.25, 0.3) is 0 Å². The molecule has 0 amide bonds. The van der Waals surface area contributed by atoms with Crippen LogP contribution in [0.15, 0.2) is 23.1 Å². The molecule has 0 aliphatic heterocycles. The van der Waals surface area contributed by atoms with Crippen molar-refractivity contribution in [2.24, 2.45) is 0 Å². The molecule has 0 aliphatic carbocycles. The number of ketones is 1. The summed E-state index contributed by atoms with van der Waals surface area (Å²) in [4.78, 5) is 10.8. The van der Waals surface area contributed by atoms with E-state index < -0.39 is 35.4 Å². The highest BCUT2D eigenvalue weighted by atomic mass is 35.5. The van der Waals surface area contributed by atoms with Crippen LogP contribution in [-0.2, 0) is 11.2 Å². The molecule has 0 bridgehead atoms. The van der Waals surface area contributed by atoms with Gasteiger partial charge in [0.2, 0.25) is 0 Å². The van der Waals surface area contributed by atoms with Gasteiger partial charge in [0.1, 0.15) is 5.75 Å². The summed E-state index contributed by atoms with van der Waals surface area (Å²) in [5, 5.41) is 0. The van der Waals surface area contributed by atoms with Gasteiger partial charge in [-0.15, -0.1) is 11.6 Å². The van der Waals surface area contributed by atoms with Crippen LogP contribution in [-0.4, -0.2) is 23.8 Å². The van der Waals surface area contributed by atoms with E-state index in [-0.39, 0.29) is 22.8 Å². The fraction of sp³-hybridized carbons (Fsp3) is 0.364. The summed E-state index contributed by atoms with van der Waals surface area (Å²) in [6.07, 6.45) is -0.255. The van der Waals surface area contributed by atoms with Gasteiger partial charge in [-0.3, -0.25) is 4.79 Å². The van der Waals surface area contributed by atoms with Crippen LogP contribution in [0.2, 0.25) is 0 Å². The quantitative estimate of drug-likeness (QED) is 0.442. The summed E-state index contributed by atoms with van der Waals surface area (Å²) in [6, 6.07) is 3.00. The monoisotopic (exact) mass is 334 g/mol. The molecule has 0 fully saturated rings. The van der Waals surface area contributed by atoms with Gasteiger partial charge in [-0.25, -0.2) is 0 Å². The molecule has 0 saturated heterocycles. The third-order valence-corrected chi connectivity index (χ3v) is 2.95. The molecule has 0 N–H and O–H groups in total. The van der Waals surface area contributed by atoms with Gasteiger partial charge in [0.05, 0.1) is 5.88 Å². The van der Waals surface area contributed by atoms with Gasteiger partial charge in [0.15, 0.2) is 5.78 Å². The molecule has 9 heteroatoms. The predicted octanol–water partition coefficient (Wildman–Crippen LogP) is 4.25. The number of carbonyl (C=O) groups excluding carboxylic acids is 1. The molecule has 0 spiro atoms. The number of thioether (sulfide) groups is 1. The first-order valence-electron chi connectivity index (χ1n) is 5.12. The highest BCUT2D eigenvalue weighted by Crippen LogP contribution is 2.38. The highest BCUT2D eigenvalue weighted by molar-refractivity contribution is 8.00. The number of rotatable bonds is 6. The van der Waals surface area contributed by atoms with Crippen LogP contribution in [0.1, 0.15) is 5.56 Å². The van der Waals surface area contributed by atoms with Gasteiger partial charge in [-0.2, -0.15) is 22.0 Å². The molecule has 1 aromatic carbocycles. The molecule has 2 nitrogen and oxygen atoms in total. The number of carbonyl (C=O) groups is 1. The second-order valence-corrected chi connectivity index (χ2v) is 4.99. The largest absolute Gasteiger partial charge is 0.446 e. The second kappa shape index (κ2) is 7.12. The molecule has 0 radical (unpaired) electrons. The zero-order valence-corrected chi connectivity index (χ0v) is 11.3. The fourth-order valence-corrected chi connectivity index (χ4v) is 2.12. The molecule has 0 heterocycles. The minimum Gasteiger partial charge on any atom is -0.435 e. The standard InChI is InChI=1S/C11H8ClF5O2S/c12-5-7(18)1-6-2-8(19-10(13)14)4-9(3-6)20-11(15,16)17/h2-4,10H,1,5H2. The maximum absolute atomic E-state index is 12.3. The summed E-state index contributed by atoms with van der Waals surface area (Å²) >= 11 is 4.81. The number of ether oxygens (including phenoxy) is 1. The summed E-state index contributed by atoms with van der Waals surface area (Å²) < 4.78 is 65.1. The Balaban J connectivity index is 3.03. The molecular formula is C11H8ClF5O2S. The van der Waals surface area contributed by atoms with E-state index >= 15 is 0 Å². The zero-order valence-electron chi connectivity index (χ0n) is 9.72. The van der Waals surface area contributed by atoms with E-state index in [2.05, 4.69) is 4.74 Å². The van der Waals surface area contributed by atoms with Crippen LogP contribution >= 0.6 is 23.4 Å². The third-order valence-electron chi connectivity index (χ3n) is 1.95. The van der Waals surface area contributed by atoms with Crippen molar-refractivity contribution in [3.05, 3.63) is 23.8 Å². The molecule has 1 aromatic rings. The van der Waals surface area contributed by atoms with Crippen molar-refractivity contribution in [3.63, 3.8) is 0 Å². The van der Waals surface area contributed by atoms with Crippen molar-refractivity contribution in [2.45, 2.75) is 23.4 Å². The molecule has 0 aliphatic rings. The molecule has 0 unspecified atom stereocenters. The van der Waals surface area contributed by atoms with Crippen molar-refractivity contribution in [1.29, 1.82) is 0 Å². The smallest absolute Gasteiger partial charge is 0.435 e. The predicted molar refractivity (Wildman–Crippen MR) is 64.4 cm³/mol. The first kappa shape index (κ1) is 17.0. The van der Waals surface area contributed by atoms with E-state index in [0.29, 0.717) is 0 Å². The van der Waals surface area contributed by atoms with Crippen molar-refractivity contribution in [2.75, 3.05) is 5.88 Å². The van der Waals surface area contributed by atoms with Crippen molar-refractivity contribution < 1.29 is 31.5 Å². The van der Waals surface area contributed by atoms with Crippen molar-refractivity contribution in [3.8, 4) is 5.75 Å². The number of hydrogen-bond donors (Lipinski definition) is 0. The molecule has 20 heavy (non-hydrogen) atoms. The van der Waals surface area contributed by atoms with Crippen LogP contribution in [0.3, 0.4) is 0 Å². The Morgan fingerprint density at radius 1 is 1.30 bits per heavy atom. The number of halogens is 6. The van der Waals surface area contributed by atoms with E-state index in [1.807, 2.05) is 0 Å². The lowest BCUT2D eigenvalue weighted by Crippen LogP contribution is -2.07. The van der Waals surface area contributed by atoms with E-state index in [1.165, 1.54) is 0 Å². The van der Waals surface area contributed by atoms with Gasteiger partial charge >= 0.3 is 12.1 Å². The van der Waals surface area contributed by atoms with Crippen LogP contribution in [0.5, 0.6) is 5.75 Å². The summed E-state index contributed by atoms with van der Waals surface area (Å²) in [6.45, 7) is -3.17. The topological polar surface area (TPSA) is 26.3 Å². The molecule has 0 atom stereocenters. The minimum atomic E-state index is -4.57. The maximum atomic E-state index is 12.3. The van der Waals surface area contributed by atoms with Gasteiger partial charge in [0, 0.05) is 11.3 Å². The van der Waals surface area contributed by atoms with Gasteiger partial charge in [-0.1, -0.05) is 0 Å². The van der Waals surface area contributed by atoms with E-state index in [1.54, 1.807) is 0 Å². The van der Waals surface area contributed by atoms with Crippen LogP contribution < -0.4 is 4.74 Å². The Morgan fingerprint density at radius 3 is 2.45 bits per heavy atom. The fourth-order valence-electron chi connectivity index (χ4n) is 1.37. The van der Waals surface area contributed by atoms with Crippen molar-refractivity contribution >= 4 is 29.1 Å². The lowest BCUT2D eigenvalue weighted by Gasteiger charge is -2.11. The normalized spacial score (nSPS) is 11.8. The van der Waals surface area contributed by atoms with Crippen LogP contribution in [0.4, 0.5) is 22.0 Å². The van der Waals surface area contributed by atoms with Gasteiger partial charge in [-0.05, 0) is 35.5 Å². The lowest BCUT2D eigenvalue weighted by molar-refractivity contribution is -0.116. The number of Topliss-reactive ketones (excluding diaryl/α,β-unsaturated/α-hetero) is 1. The maximum Gasteiger partial charge on any atom is 0.446 e. The molecule has 0 aromatic heterocycles. The Labute approximate surface area is 120 Å². The second-order valence-electron chi connectivity index (χ2n) is 3.59. The average molecular weight is 335 g/mol. The zero-order chi connectivity index (χ0) is 15.3. The van der Waals surface area contributed by atoms with Crippen molar-refractivity contribution in [1.82, 2.24) is 0 Å². The summed E-state index contributed by atoms with van der Waals surface area (Å²) in [5.41, 5.74) is -4.45. The van der Waals surface area contributed by atoms with E-state index in [9.17, 15) is 26.7 Å². The molecule has 112 valence electrons. The summed E-state index contributed by atoms with van der Waals surface area (Å²) in [7, 11) is 0. The molecule has 0 saturated carbocycles. The Kier molecular flexibility index (Phi) is 6.07. The van der Waals surface area contributed by atoms with Gasteiger partial charge < -0.3 is 4.74 Å². The Hall–Kier alpha value is -1.02. The minimum absolute atomic E-state index is 0.126. The SMILES string of the molecule is O=C(CCl)Cc1cc(OC(F)F)cc(SC(F)(F)F)c1. The van der Waals surface area contributed by atoms with E-state index in [0.717, 1.165) is 18.2 Å². The van der Waals surface area contributed by atoms with Gasteiger partial charge in [0.25, 0.3) is 0 Å². The number of benzene rings is 1. The summed E-state index contributed by atoms with van der Waals surface area (Å²) in [5.74, 6) is -1.20. The van der Waals surface area contributed by atoms with Crippen LogP contribution in [0, 0.1) is 0 Å². The number of alkyl halides is 6. The lowest BCUT2D eigenvalue weighted by atomic mass is 10.1. The highest BCUT2D eigenvalue weighted by Gasteiger charge is 2.29. The first-order valence-corrected chi connectivity index (χ1v) is 6.47. The average Bonchev–Trinajstić information content (AvgIpc) is 2.24. The Bertz CT molecular complexity index is 478. The third kappa shape index (κ3) is 6.42.